The van der Waals surface area contributed by atoms with Gasteiger partial charge in [0, 0.05) is 50.5 Å². The number of rotatable bonds is 8. The van der Waals surface area contributed by atoms with Gasteiger partial charge in [-0.15, -0.1) is 0 Å². The molecule has 34 heavy (non-hydrogen) atoms. The zero-order valence-electron chi connectivity index (χ0n) is 19.6. The quantitative estimate of drug-likeness (QED) is 0.585. The first-order valence-electron chi connectivity index (χ1n) is 12.0. The van der Waals surface area contributed by atoms with Crippen LogP contribution in [0.25, 0.3) is 0 Å². The molecule has 2 aliphatic heterocycles. The van der Waals surface area contributed by atoms with Crippen molar-refractivity contribution in [3.8, 4) is 5.75 Å². The standard InChI is InChI=1S/C25H32FN3O5/c1-2-4-21-15-22(27-34-21)24(31)29-10-3-9-25(17-29,16-23(30)28-11-13-32-14-12-28)18-33-20-7-5-19(26)6-8-20/h5-8,15H,2-4,9-14,16-18H2,1H3. The van der Waals surface area contributed by atoms with E-state index in [4.69, 9.17) is 14.0 Å². The molecule has 2 saturated heterocycles. The highest BCUT2D eigenvalue weighted by atomic mass is 19.1. The smallest absolute Gasteiger partial charge is 0.276 e. The number of aryl methyl sites for hydroxylation is 1. The highest BCUT2D eigenvalue weighted by molar-refractivity contribution is 5.92. The van der Waals surface area contributed by atoms with E-state index in [1.165, 1.54) is 12.1 Å². The number of likely N-dealkylation sites (tertiary alicyclic amines) is 1. The minimum Gasteiger partial charge on any atom is -0.493 e. The van der Waals surface area contributed by atoms with Crippen LogP contribution in [0.2, 0.25) is 0 Å². The molecular weight excluding hydrogens is 441 g/mol. The summed E-state index contributed by atoms with van der Waals surface area (Å²) >= 11 is 0. The van der Waals surface area contributed by atoms with E-state index < -0.39 is 5.41 Å². The first-order valence-corrected chi connectivity index (χ1v) is 12.0. The molecule has 3 heterocycles. The van der Waals surface area contributed by atoms with Crippen LogP contribution in [0.3, 0.4) is 0 Å². The molecule has 0 aliphatic carbocycles. The number of aromatic nitrogens is 1. The van der Waals surface area contributed by atoms with Gasteiger partial charge in [-0.3, -0.25) is 9.59 Å². The summed E-state index contributed by atoms with van der Waals surface area (Å²) in [6, 6.07) is 7.54. The Kier molecular flexibility index (Phi) is 7.82. The second-order valence-electron chi connectivity index (χ2n) is 9.17. The predicted octanol–water partition coefficient (Wildman–Crippen LogP) is 3.32. The summed E-state index contributed by atoms with van der Waals surface area (Å²) in [6.07, 6.45) is 3.38. The Morgan fingerprint density at radius 2 is 1.91 bits per heavy atom. The van der Waals surface area contributed by atoms with E-state index in [0.29, 0.717) is 56.6 Å². The molecule has 2 amide bonds. The SMILES string of the molecule is CCCc1cc(C(=O)N2CCCC(COc3ccc(F)cc3)(CC(=O)N3CCOCC3)C2)no1. The molecule has 8 nitrogen and oxygen atoms in total. The van der Waals surface area contributed by atoms with Crippen molar-refractivity contribution in [3.63, 3.8) is 0 Å². The number of benzene rings is 1. The Labute approximate surface area is 199 Å². The van der Waals surface area contributed by atoms with Gasteiger partial charge in [0.1, 0.15) is 17.3 Å². The molecule has 0 saturated carbocycles. The molecule has 2 aromatic rings. The maximum atomic E-state index is 13.3. The third kappa shape index (κ3) is 5.94. The van der Waals surface area contributed by atoms with Crippen LogP contribution < -0.4 is 4.74 Å². The third-order valence-electron chi connectivity index (χ3n) is 6.47. The summed E-state index contributed by atoms with van der Waals surface area (Å²) in [5, 5.41) is 3.97. The average molecular weight is 474 g/mol. The lowest BCUT2D eigenvalue weighted by molar-refractivity contribution is -0.139. The van der Waals surface area contributed by atoms with Crippen LogP contribution >= 0.6 is 0 Å². The van der Waals surface area contributed by atoms with Crippen molar-refractivity contribution in [1.82, 2.24) is 15.0 Å². The van der Waals surface area contributed by atoms with E-state index in [1.807, 2.05) is 11.8 Å². The van der Waals surface area contributed by atoms with Crippen LogP contribution in [-0.2, 0) is 16.0 Å². The lowest BCUT2D eigenvalue weighted by Gasteiger charge is -2.43. The first-order chi connectivity index (χ1) is 16.5. The molecule has 4 rings (SSSR count). The highest BCUT2D eigenvalue weighted by Gasteiger charge is 2.41. The van der Waals surface area contributed by atoms with Crippen molar-refractivity contribution in [1.29, 1.82) is 0 Å². The average Bonchev–Trinajstić information content (AvgIpc) is 3.33. The largest absolute Gasteiger partial charge is 0.493 e. The van der Waals surface area contributed by atoms with Gasteiger partial charge >= 0.3 is 0 Å². The lowest BCUT2D eigenvalue weighted by Crippen LogP contribution is -2.52. The molecule has 184 valence electrons. The minimum atomic E-state index is -0.562. The maximum Gasteiger partial charge on any atom is 0.276 e. The van der Waals surface area contributed by atoms with Crippen molar-refractivity contribution >= 4 is 11.8 Å². The van der Waals surface area contributed by atoms with Crippen LogP contribution in [0, 0.1) is 11.2 Å². The number of halogens is 1. The fourth-order valence-corrected chi connectivity index (χ4v) is 4.65. The van der Waals surface area contributed by atoms with E-state index >= 15 is 0 Å². The molecule has 0 bridgehead atoms. The number of nitrogens with zero attached hydrogens (tertiary/aromatic N) is 3. The van der Waals surface area contributed by atoms with Gasteiger partial charge in [0.15, 0.2) is 5.69 Å². The van der Waals surface area contributed by atoms with Crippen molar-refractivity contribution < 1.29 is 28.0 Å². The number of carbonyl (C=O) groups excluding carboxylic acids is 2. The van der Waals surface area contributed by atoms with Crippen LogP contribution in [-0.4, -0.2) is 72.8 Å². The normalized spacial score (nSPS) is 20.9. The molecular formula is C25H32FN3O5. The molecule has 0 N–H and O–H groups in total. The number of hydrogen-bond donors (Lipinski definition) is 0. The van der Waals surface area contributed by atoms with Gasteiger partial charge in [0.2, 0.25) is 5.91 Å². The molecule has 1 unspecified atom stereocenters. The predicted molar refractivity (Wildman–Crippen MR) is 122 cm³/mol. The van der Waals surface area contributed by atoms with Gasteiger partial charge in [0.05, 0.1) is 19.8 Å². The van der Waals surface area contributed by atoms with Gasteiger partial charge in [-0.25, -0.2) is 4.39 Å². The summed E-state index contributed by atoms with van der Waals surface area (Å²) in [6.45, 7) is 5.43. The Hall–Kier alpha value is -2.94. The topological polar surface area (TPSA) is 85.1 Å². The summed E-state index contributed by atoms with van der Waals surface area (Å²) < 4.78 is 30.0. The highest BCUT2D eigenvalue weighted by Crippen LogP contribution is 2.36. The number of ether oxygens (including phenoxy) is 2. The minimum absolute atomic E-state index is 0.0342. The summed E-state index contributed by atoms with van der Waals surface area (Å²) in [5.74, 6) is 0.719. The van der Waals surface area contributed by atoms with Gasteiger partial charge in [0.25, 0.3) is 5.91 Å². The molecule has 9 heteroatoms. The number of amides is 2. The molecule has 0 spiro atoms. The maximum absolute atomic E-state index is 13.3. The van der Waals surface area contributed by atoms with E-state index in [9.17, 15) is 14.0 Å². The molecule has 2 fully saturated rings. The fraction of sp³-hybridized carbons (Fsp3) is 0.560. The van der Waals surface area contributed by atoms with Crippen molar-refractivity contribution in [2.45, 2.75) is 39.0 Å². The van der Waals surface area contributed by atoms with Gasteiger partial charge in [-0.2, -0.15) is 0 Å². The van der Waals surface area contributed by atoms with E-state index in [-0.39, 0.29) is 30.7 Å². The summed E-state index contributed by atoms with van der Waals surface area (Å²) in [5.41, 5.74) is -0.272. The fourth-order valence-electron chi connectivity index (χ4n) is 4.65. The molecule has 1 aromatic carbocycles. The van der Waals surface area contributed by atoms with Gasteiger partial charge < -0.3 is 23.8 Å². The van der Waals surface area contributed by atoms with Crippen LogP contribution in [0.4, 0.5) is 4.39 Å². The van der Waals surface area contributed by atoms with Gasteiger partial charge in [-0.1, -0.05) is 12.1 Å². The second-order valence-corrected chi connectivity index (χ2v) is 9.17. The number of carbonyl (C=O) groups is 2. The first kappa shape index (κ1) is 24.2. The third-order valence-corrected chi connectivity index (χ3v) is 6.47. The molecule has 2 aliphatic rings. The van der Waals surface area contributed by atoms with E-state index in [1.54, 1.807) is 23.1 Å². The summed E-state index contributed by atoms with van der Waals surface area (Å²) in [7, 11) is 0. The van der Waals surface area contributed by atoms with Crippen LogP contribution in [0.5, 0.6) is 5.75 Å². The summed E-state index contributed by atoms with van der Waals surface area (Å²) in [4.78, 5) is 30.0. The van der Waals surface area contributed by atoms with Gasteiger partial charge in [-0.05, 0) is 43.5 Å². The van der Waals surface area contributed by atoms with Crippen molar-refractivity contribution in [2.75, 3.05) is 46.0 Å². The Bertz CT molecular complexity index is 973. The lowest BCUT2D eigenvalue weighted by atomic mass is 9.77. The zero-order valence-corrected chi connectivity index (χ0v) is 19.6. The van der Waals surface area contributed by atoms with Crippen molar-refractivity contribution in [2.24, 2.45) is 5.41 Å². The van der Waals surface area contributed by atoms with Crippen molar-refractivity contribution in [3.05, 3.63) is 47.6 Å². The second kappa shape index (κ2) is 11.0. The monoisotopic (exact) mass is 473 g/mol. The number of hydrogen-bond acceptors (Lipinski definition) is 6. The van der Waals surface area contributed by atoms with Crippen LogP contribution in [0.15, 0.2) is 34.9 Å². The van der Waals surface area contributed by atoms with E-state index in [0.717, 1.165) is 25.7 Å². The Morgan fingerprint density at radius 3 is 2.65 bits per heavy atom. The number of piperidine rings is 1. The number of morpholine rings is 1. The van der Waals surface area contributed by atoms with Crippen LogP contribution in [0.1, 0.15) is 48.9 Å². The van der Waals surface area contributed by atoms with E-state index in [2.05, 4.69) is 5.16 Å². The molecule has 1 aromatic heterocycles. The zero-order chi connectivity index (χ0) is 24.0. The Morgan fingerprint density at radius 1 is 1.15 bits per heavy atom. The molecule has 1 atom stereocenters. The molecule has 0 radical (unpaired) electrons. The Balaban J connectivity index is 1.50.